The van der Waals surface area contributed by atoms with Gasteiger partial charge in [-0.1, -0.05) is 87.2 Å². The predicted molar refractivity (Wildman–Crippen MR) is 165 cm³/mol. The molecule has 0 radical (unpaired) electrons. The van der Waals surface area contributed by atoms with Crippen molar-refractivity contribution in [3.05, 3.63) is 76.9 Å². The average molecular weight is 568 g/mol. The number of carbonyl (C=O) groups excluding carboxylic acids is 2. The van der Waals surface area contributed by atoms with Gasteiger partial charge in [0.15, 0.2) is 0 Å². The van der Waals surface area contributed by atoms with E-state index < -0.39 is 13.0 Å². The first-order valence-electron chi connectivity index (χ1n) is 15.8. The number of amides is 2. The lowest BCUT2D eigenvalue weighted by Gasteiger charge is -2.44. The van der Waals surface area contributed by atoms with Crippen molar-refractivity contribution in [1.82, 2.24) is 4.90 Å². The van der Waals surface area contributed by atoms with Gasteiger partial charge in [-0.25, -0.2) is 0 Å². The summed E-state index contributed by atoms with van der Waals surface area (Å²) >= 11 is 0. The summed E-state index contributed by atoms with van der Waals surface area (Å²) in [6.45, 7) is 4.33. The zero-order valence-electron chi connectivity index (χ0n) is 24.7. The third kappa shape index (κ3) is 5.61. The van der Waals surface area contributed by atoms with Crippen LogP contribution >= 0.6 is 0 Å². The molecule has 7 heteroatoms. The monoisotopic (exact) mass is 567 g/mol. The zero-order chi connectivity index (χ0) is 29.4. The maximum Gasteiger partial charge on any atom is 0.455 e. The van der Waals surface area contributed by atoms with Crippen molar-refractivity contribution in [2.45, 2.75) is 83.7 Å². The Kier molecular flexibility index (Phi) is 8.42. The highest BCUT2D eigenvalue weighted by Gasteiger charge is 2.58. The van der Waals surface area contributed by atoms with Crippen LogP contribution in [0.1, 0.15) is 76.3 Å². The summed E-state index contributed by atoms with van der Waals surface area (Å²) in [7, 11) is -0.974. The number of rotatable bonds is 7. The van der Waals surface area contributed by atoms with Crippen molar-refractivity contribution in [3.63, 3.8) is 0 Å². The molecule has 2 N–H and O–H groups in total. The van der Waals surface area contributed by atoms with Crippen molar-refractivity contribution >= 4 is 30.6 Å². The molecule has 2 heterocycles. The van der Waals surface area contributed by atoms with E-state index in [1.165, 1.54) is 12.0 Å². The van der Waals surface area contributed by atoms with Gasteiger partial charge in [-0.05, 0) is 84.7 Å². The molecule has 2 amide bonds. The number of nitrogens with zero attached hydrogens (tertiary/aromatic N) is 1. The minimum Gasteiger partial charge on any atom is -0.508 e. The summed E-state index contributed by atoms with van der Waals surface area (Å²) in [4.78, 5) is 29.4. The first kappa shape index (κ1) is 28.9. The summed E-state index contributed by atoms with van der Waals surface area (Å²) < 4.78 is 6.27. The summed E-state index contributed by atoms with van der Waals surface area (Å²) in [5.41, 5.74) is 5.49. The fraction of sp³-hybridized carbons (Fsp3) is 0.486. The van der Waals surface area contributed by atoms with E-state index >= 15 is 0 Å². The Balaban J connectivity index is 1.31. The molecule has 42 heavy (non-hydrogen) atoms. The third-order valence-corrected chi connectivity index (χ3v) is 9.95. The molecule has 0 bridgehead atoms. The van der Waals surface area contributed by atoms with Crippen LogP contribution in [0.2, 0.25) is 6.32 Å². The standard InChI is InChI=1S/C35H42BNO5/c1-22(2)28-20-29-33(35(40)37(34(29)39)26-13-7-4-8-14-26)30-21-36(41)42-31(32(28)30)17-16-25(24-11-5-3-6-12-24)18-23-10-9-15-27(38)19-23/h3,5-6,9-12,15,18-19,22,26,29-31,33,38,41H,4,7-8,13-14,16-17,20-21H2,1-2H3/b25-18-/t29-,30+,31-,33-/m1/s1. The Labute approximate surface area is 249 Å². The first-order valence-corrected chi connectivity index (χ1v) is 15.8. The molecule has 6 rings (SSSR count). The maximum atomic E-state index is 14.0. The van der Waals surface area contributed by atoms with Gasteiger partial charge in [0, 0.05) is 6.04 Å². The minimum absolute atomic E-state index is 0.00652. The van der Waals surface area contributed by atoms with E-state index in [-0.39, 0.29) is 47.5 Å². The van der Waals surface area contributed by atoms with E-state index in [4.69, 9.17) is 4.65 Å². The van der Waals surface area contributed by atoms with Gasteiger partial charge in [0.25, 0.3) is 0 Å². The Hall–Kier alpha value is -3.16. The molecule has 0 aromatic heterocycles. The Morgan fingerprint density at radius 2 is 1.79 bits per heavy atom. The number of fused-ring (bicyclic) bond motifs is 3. The van der Waals surface area contributed by atoms with Crippen LogP contribution in [0, 0.1) is 23.7 Å². The van der Waals surface area contributed by atoms with E-state index in [2.05, 4.69) is 32.1 Å². The van der Waals surface area contributed by atoms with Gasteiger partial charge in [-0.2, -0.15) is 0 Å². The second-order valence-electron chi connectivity index (χ2n) is 12.9. The normalized spacial score (nSPS) is 27.1. The predicted octanol–water partition coefficient (Wildman–Crippen LogP) is 6.50. The van der Waals surface area contributed by atoms with Crippen LogP contribution in [-0.4, -0.2) is 46.1 Å². The van der Waals surface area contributed by atoms with E-state index in [9.17, 15) is 19.7 Å². The molecule has 0 unspecified atom stereocenters. The van der Waals surface area contributed by atoms with Gasteiger partial charge < -0.3 is 14.8 Å². The smallest absolute Gasteiger partial charge is 0.455 e. The fourth-order valence-corrected chi connectivity index (χ4v) is 8.03. The number of phenolic OH excluding ortho intramolecular Hbond substituents is 1. The Bertz CT molecular complexity index is 1380. The number of hydrogen-bond donors (Lipinski definition) is 2. The molecule has 2 aliphatic carbocycles. The molecule has 2 aliphatic heterocycles. The first-order chi connectivity index (χ1) is 20.3. The lowest BCUT2D eigenvalue weighted by atomic mass is 9.57. The molecule has 1 saturated carbocycles. The van der Waals surface area contributed by atoms with Crippen LogP contribution in [0.4, 0.5) is 0 Å². The molecule has 2 aromatic carbocycles. The summed E-state index contributed by atoms with van der Waals surface area (Å²) in [5, 5.41) is 21.0. The molecule has 2 saturated heterocycles. The van der Waals surface area contributed by atoms with E-state index in [1.807, 2.05) is 30.3 Å². The second kappa shape index (κ2) is 12.2. The molecular formula is C35H42BNO5. The largest absolute Gasteiger partial charge is 0.508 e. The molecule has 3 fully saturated rings. The van der Waals surface area contributed by atoms with Gasteiger partial charge in [0.05, 0.1) is 17.9 Å². The zero-order valence-corrected chi connectivity index (χ0v) is 24.7. The van der Waals surface area contributed by atoms with Crippen LogP contribution in [0.25, 0.3) is 11.6 Å². The number of imide groups is 1. The highest BCUT2D eigenvalue weighted by molar-refractivity contribution is 6.43. The number of allylic oxidation sites excluding steroid dienone is 2. The molecule has 4 aliphatic rings. The fourth-order valence-electron chi connectivity index (χ4n) is 8.03. The van der Waals surface area contributed by atoms with Crippen LogP contribution in [-0.2, 0) is 14.2 Å². The van der Waals surface area contributed by atoms with Crippen molar-refractivity contribution in [1.29, 1.82) is 0 Å². The quantitative estimate of drug-likeness (QED) is 0.173. The minimum atomic E-state index is -0.974. The molecule has 220 valence electrons. The van der Waals surface area contributed by atoms with Crippen molar-refractivity contribution < 1.29 is 24.4 Å². The summed E-state index contributed by atoms with van der Waals surface area (Å²) in [5.74, 6) is -0.505. The van der Waals surface area contributed by atoms with Crippen molar-refractivity contribution in [2.75, 3.05) is 0 Å². The highest BCUT2D eigenvalue weighted by atomic mass is 16.5. The van der Waals surface area contributed by atoms with Gasteiger partial charge in [-0.3, -0.25) is 14.5 Å². The third-order valence-electron chi connectivity index (χ3n) is 9.95. The van der Waals surface area contributed by atoms with Crippen LogP contribution < -0.4 is 0 Å². The topological polar surface area (TPSA) is 87.1 Å². The number of aromatic hydroxyl groups is 1. The van der Waals surface area contributed by atoms with Crippen molar-refractivity contribution in [3.8, 4) is 5.75 Å². The Morgan fingerprint density at radius 1 is 1.02 bits per heavy atom. The second-order valence-corrected chi connectivity index (χ2v) is 12.9. The van der Waals surface area contributed by atoms with E-state index in [0.29, 0.717) is 25.6 Å². The number of hydrogen-bond acceptors (Lipinski definition) is 5. The number of phenols is 1. The van der Waals surface area contributed by atoms with Gasteiger partial charge in [0.1, 0.15) is 5.75 Å². The number of benzene rings is 2. The molecular weight excluding hydrogens is 525 g/mol. The van der Waals surface area contributed by atoms with Crippen LogP contribution in [0.15, 0.2) is 65.7 Å². The average Bonchev–Trinajstić information content (AvgIpc) is 3.24. The molecule has 6 nitrogen and oxygen atoms in total. The SMILES string of the molecule is CC(C)C1=C2[C@@H](CC/C(=C/c3cccc(O)c3)c3ccccc3)OB(O)C[C@@H]2[C@@H]2C(=O)N(C3CCCCC3)C(=O)[C@@H]2C1. The van der Waals surface area contributed by atoms with E-state index in [1.54, 1.807) is 17.0 Å². The van der Waals surface area contributed by atoms with Crippen LogP contribution in [0.3, 0.4) is 0 Å². The molecule has 0 spiro atoms. The lowest BCUT2D eigenvalue weighted by Crippen LogP contribution is -2.47. The van der Waals surface area contributed by atoms with Gasteiger partial charge >= 0.3 is 7.12 Å². The van der Waals surface area contributed by atoms with Gasteiger partial charge in [0.2, 0.25) is 11.8 Å². The maximum absolute atomic E-state index is 14.0. The number of likely N-dealkylation sites (tertiary alicyclic amines) is 1. The van der Waals surface area contributed by atoms with Crippen LogP contribution in [0.5, 0.6) is 5.75 Å². The summed E-state index contributed by atoms with van der Waals surface area (Å²) in [6.07, 6.45) is 9.16. The van der Waals surface area contributed by atoms with E-state index in [0.717, 1.165) is 48.0 Å². The summed E-state index contributed by atoms with van der Waals surface area (Å²) in [6, 6.07) is 17.4. The highest BCUT2D eigenvalue weighted by Crippen LogP contribution is 2.53. The molecule has 4 atom stereocenters. The van der Waals surface area contributed by atoms with Crippen molar-refractivity contribution in [2.24, 2.45) is 23.7 Å². The number of carbonyl (C=O) groups is 2. The van der Waals surface area contributed by atoms with Gasteiger partial charge in [-0.15, -0.1) is 0 Å². The molecule has 2 aromatic rings. The lowest BCUT2D eigenvalue weighted by molar-refractivity contribution is -0.143. The Morgan fingerprint density at radius 3 is 2.50 bits per heavy atom.